The van der Waals surface area contributed by atoms with E-state index < -0.39 is 59.9 Å². The van der Waals surface area contributed by atoms with E-state index in [0.717, 1.165) is 0 Å². The molecule has 11 N–H and O–H groups in total. The topological polar surface area (TPSA) is 263 Å². The standard InChI is InChI=1S/C24H33N7O8/c1-12(32)20(31-21(35)16(25)8-13-2-4-15(33)5-3-13)23(37)29-17(6-7-19(26)34)22(36)30-18(24(38)39)9-14-10-27-11-28-14/h2-5,10-12,16-18,20,32-33H,6-9,25H2,1H3,(H2,26,34)(H,27,28)(H,29,37)(H,30,36)(H,31,35)(H,38,39). The summed E-state index contributed by atoms with van der Waals surface area (Å²) >= 11 is 0. The van der Waals surface area contributed by atoms with Crippen molar-refractivity contribution in [1.82, 2.24) is 25.9 Å². The second-order valence-corrected chi connectivity index (χ2v) is 8.95. The van der Waals surface area contributed by atoms with Gasteiger partial charge in [0.2, 0.25) is 23.6 Å². The fourth-order valence-electron chi connectivity index (χ4n) is 3.55. The van der Waals surface area contributed by atoms with Gasteiger partial charge in [-0.05, 0) is 37.5 Å². The average molecular weight is 548 g/mol. The first-order chi connectivity index (χ1) is 18.4. The molecule has 15 nitrogen and oxygen atoms in total. The maximum absolute atomic E-state index is 13.0. The van der Waals surface area contributed by atoms with Gasteiger partial charge >= 0.3 is 5.97 Å². The summed E-state index contributed by atoms with van der Waals surface area (Å²) in [4.78, 5) is 68.1. The highest BCUT2D eigenvalue weighted by Gasteiger charge is 2.32. The van der Waals surface area contributed by atoms with Gasteiger partial charge in [-0.15, -0.1) is 0 Å². The summed E-state index contributed by atoms with van der Waals surface area (Å²) < 4.78 is 0. The molecule has 0 aliphatic heterocycles. The average Bonchev–Trinajstić information content (AvgIpc) is 3.38. The number of H-pyrrole nitrogens is 1. The minimum Gasteiger partial charge on any atom is -0.508 e. The number of imidazole rings is 1. The highest BCUT2D eigenvalue weighted by Crippen LogP contribution is 2.11. The van der Waals surface area contributed by atoms with E-state index >= 15 is 0 Å². The van der Waals surface area contributed by atoms with Crippen LogP contribution in [0.5, 0.6) is 5.75 Å². The molecule has 2 rings (SSSR count). The lowest BCUT2D eigenvalue weighted by Crippen LogP contribution is -2.60. The molecule has 15 heteroatoms. The minimum atomic E-state index is -1.53. The van der Waals surface area contributed by atoms with Crippen molar-refractivity contribution in [2.24, 2.45) is 11.5 Å². The summed E-state index contributed by atoms with van der Waals surface area (Å²) in [5.41, 5.74) is 12.2. The molecule has 1 aromatic heterocycles. The van der Waals surface area contributed by atoms with Crippen molar-refractivity contribution in [3.8, 4) is 5.75 Å². The largest absolute Gasteiger partial charge is 0.508 e. The van der Waals surface area contributed by atoms with Crippen molar-refractivity contribution in [1.29, 1.82) is 0 Å². The lowest BCUT2D eigenvalue weighted by Gasteiger charge is -2.26. The lowest BCUT2D eigenvalue weighted by atomic mass is 10.0. The zero-order chi connectivity index (χ0) is 29.1. The van der Waals surface area contributed by atoms with Crippen LogP contribution in [0, 0.1) is 0 Å². The van der Waals surface area contributed by atoms with Gasteiger partial charge in [0.15, 0.2) is 0 Å². The van der Waals surface area contributed by atoms with Crippen molar-refractivity contribution < 1.29 is 39.3 Å². The van der Waals surface area contributed by atoms with Crippen LogP contribution in [-0.2, 0) is 36.8 Å². The molecule has 0 radical (unpaired) electrons. The number of aromatic amines is 1. The van der Waals surface area contributed by atoms with Crippen LogP contribution >= 0.6 is 0 Å². The number of nitrogens with one attached hydrogen (secondary N) is 4. The summed E-state index contributed by atoms with van der Waals surface area (Å²) in [6.45, 7) is 1.24. The van der Waals surface area contributed by atoms with Crippen molar-refractivity contribution in [2.45, 2.75) is 62.9 Å². The van der Waals surface area contributed by atoms with Crippen molar-refractivity contribution in [3.05, 3.63) is 48.0 Å². The van der Waals surface area contributed by atoms with E-state index in [9.17, 15) is 39.3 Å². The van der Waals surface area contributed by atoms with Gasteiger partial charge in [-0.3, -0.25) is 19.2 Å². The number of rotatable bonds is 15. The number of carbonyl (C=O) groups is 5. The van der Waals surface area contributed by atoms with Gasteiger partial charge in [0, 0.05) is 24.7 Å². The van der Waals surface area contributed by atoms with Crippen molar-refractivity contribution >= 4 is 29.6 Å². The smallest absolute Gasteiger partial charge is 0.326 e. The van der Waals surface area contributed by atoms with Crippen LogP contribution in [-0.4, -0.2) is 85.2 Å². The van der Waals surface area contributed by atoms with Gasteiger partial charge in [-0.2, -0.15) is 0 Å². The molecule has 2 aromatic rings. The molecular weight excluding hydrogens is 514 g/mol. The first-order valence-corrected chi connectivity index (χ1v) is 12.0. The molecule has 39 heavy (non-hydrogen) atoms. The van der Waals surface area contributed by atoms with E-state index in [4.69, 9.17) is 11.5 Å². The second-order valence-electron chi connectivity index (χ2n) is 8.95. The number of carbonyl (C=O) groups excluding carboxylic acids is 4. The Bertz CT molecular complexity index is 1140. The third-order valence-electron chi connectivity index (χ3n) is 5.70. The van der Waals surface area contributed by atoms with Crippen molar-refractivity contribution in [2.75, 3.05) is 0 Å². The molecule has 0 saturated heterocycles. The highest BCUT2D eigenvalue weighted by atomic mass is 16.4. The van der Waals surface area contributed by atoms with Gasteiger partial charge < -0.3 is 47.7 Å². The number of nitrogens with zero attached hydrogens (tertiary/aromatic N) is 1. The number of aliphatic hydroxyl groups excluding tert-OH is 1. The van der Waals surface area contributed by atoms with E-state index in [1.54, 1.807) is 12.1 Å². The normalized spacial score (nSPS) is 14.7. The maximum atomic E-state index is 13.0. The molecule has 5 unspecified atom stereocenters. The fourth-order valence-corrected chi connectivity index (χ4v) is 3.55. The van der Waals surface area contributed by atoms with Crippen LogP contribution in [0.15, 0.2) is 36.8 Å². The van der Waals surface area contributed by atoms with E-state index in [1.165, 1.54) is 31.6 Å². The molecular formula is C24H33N7O8. The number of hydrogen-bond acceptors (Lipinski definition) is 9. The third-order valence-corrected chi connectivity index (χ3v) is 5.70. The van der Waals surface area contributed by atoms with E-state index in [1.807, 2.05) is 0 Å². The van der Waals surface area contributed by atoms with E-state index in [0.29, 0.717) is 11.3 Å². The molecule has 5 atom stereocenters. The summed E-state index contributed by atoms with van der Waals surface area (Å²) in [5.74, 6) is -4.75. The predicted molar refractivity (Wildman–Crippen MR) is 136 cm³/mol. The van der Waals surface area contributed by atoms with Crippen LogP contribution in [0.1, 0.15) is 31.0 Å². The SMILES string of the molecule is CC(O)C(NC(=O)C(N)Cc1ccc(O)cc1)C(=O)NC(CCC(N)=O)C(=O)NC(Cc1cnc[nH]1)C(=O)O. The number of primary amides is 1. The van der Waals surface area contributed by atoms with E-state index in [-0.39, 0.29) is 31.4 Å². The Labute approximate surface area is 223 Å². The number of benzene rings is 1. The maximum Gasteiger partial charge on any atom is 0.326 e. The van der Waals surface area contributed by atoms with Gasteiger partial charge in [0.05, 0.1) is 18.5 Å². The first kappa shape index (κ1) is 30.7. The molecule has 0 aliphatic rings. The summed E-state index contributed by atoms with van der Waals surface area (Å²) in [6, 6.07) is 0.526. The van der Waals surface area contributed by atoms with Crippen LogP contribution in [0.4, 0.5) is 0 Å². The molecule has 0 saturated carbocycles. The number of aliphatic carboxylic acids is 1. The van der Waals surface area contributed by atoms with Crippen LogP contribution in [0.3, 0.4) is 0 Å². The lowest BCUT2D eigenvalue weighted by molar-refractivity contribution is -0.142. The molecule has 0 spiro atoms. The number of phenols is 1. The number of hydrogen-bond donors (Lipinski definition) is 9. The molecule has 0 bridgehead atoms. The van der Waals surface area contributed by atoms with Gasteiger partial charge in [-0.25, -0.2) is 9.78 Å². The number of aromatic hydroxyl groups is 1. The molecule has 0 aliphatic carbocycles. The summed E-state index contributed by atoms with van der Waals surface area (Å²) in [7, 11) is 0. The Morgan fingerprint density at radius 3 is 2.15 bits per heavy atom. The Balaban J connectivity index is 2.10. The molecule has 0 fully saturated rings. The molecule has 1 heterocycles. The Hall–Kier alpha value is -4.50. The summed E-state index contributed by atoms with van der Waals surface area (Å²) in [6.07, 6.45) is 0.648. The van der Waals surface area contributed by atoms with Crippen LogP contribution in [0.2, 0.25) is 0 Å². The molecule has 212 valence electrons. The van der Waals surface area contributed by atoms with Gasteiger partial charge in [-0.1, -0.05) is 12.1 Å². The highest BCUT2D eigenvalue weighted by molar-refractivity contribution is 5.94. The Morgan fingerprint density at radius 2 is 1.62 bits per heavy atom. The number of amides is 4. The van der Waals surface area contributed by atoms with Crippen LogP contribution in [0.25, 0.3) is 0 Å². The van der Waals surface area contributed by atoms with Crippen LogP contribution < -0.4 is 27.4 Å². The third kappa shape index (κ3) is 10.1. The molecule has 4 amide bonds. The first-order valence-electron chi connectivity index (χ1n) is 12.0. The minimum absolute atomic E-state index is 0.0357. The monoisotopic (exact) mass is 547 g/mol. The number of aliphatic hydroxyl groups is 1. The summed E-state index contributed by atoms with van der Waals surface area (Å²) in [5, 5.41) is 36.0. The number of phenolic OH excluding ortho intramolecular Hbond substituents is 1. The Morgan fingerprint density at radius 1 is 0.974 bits per heavy atom. The van der Waals surface area contributed by atoms with Crippen molar-refractivity contribution in [3.63, 3.8) is 0 Å². The zero-order valence-corrected chi connectivity index (χ0v) is 21.2. The van der Waals surface area contributed by atoms with Gasteiger partial charge in [0.25, 0.3) is 0 Å². The predicted octanol–water partition coefficient (Wildman–Crippen LogP) is -2.59. The quantitative estimate of drug-likeness (QED) is 0.112. The number of nitrogens with two attached hydrogens (primary N) is 2. The zero-order valence-electron chi connectivity index (χ0n) is 21.2. The number of carboxylic acids is 1. The molecule has 1 aromatic carbocycles. The van der Waals surface area contributed by atoms with E-state index in [2.05, 4.69) is 25.9 Å². The second kappa shape index (κ2) is 14.4. The number of carboxylic acid groups (broad SMARTS) is 1. The van der Waals surface area contributed by atoms with Gasteiger partial charge in [0.1, 0.15) is 23.9 Å². The number of aromatic nitrogens is 2. The Kier molecular flexibility index (Phi) is 11.4. The fraction of sp³-hybridized carbons (Fsp3) is 0.417.